The van der Waals surface area contributed by atoms with Crippen LogP contribution in [0.1, 0.15) is 27.1 Å². The van der Waals surface area contributed by atoms with Crippen LogP contribution in [0.3, 0.4) is 0 Å². The number of aromatic nitrogens is 2. The van der Waals surface area contributed by atoms with E-state index in [9.17, 15) is 9.59 Å². The van der Waals surface area contributed by atoms with Crippen LogP contribution in [-0.4, -0.2) is 21.7 Å². The molecule has 128 valence electrons. The van der Waals surface area contributed by atoms with E-state index in [4.69, 9.17) is 0 Å². The van der Waals surface area contributed by atoms with Gasteiger partial charge in [0.15, 0.2) is 10.9 Å². The highest BCUT2D eigenvalue weighted by Crippen LogP contribution is 2.31. The summed E-state index contributed by atoms with van der Waals surface area (Å²) < 4.78 is 0. The highest BCUT2D eigenvalue weighted by Gasteiger charge is 2.19. The number of H-pyrrole nitrogens is 1. The zero-order chi connectivity index (χ0) is 18.1. The number of carbonyl (C=O) groups excluding carboxylic acids is 2. The Bertz CT molecular complexity index is 1080. The van der Waals surface area contributed by atoms with Crippen LogP contribution < -0.4 is 5.32 Å². The maximum Gasteiger partial charge on any atom is 0.273 e. The third kappa shape index (κ3) is 3.02. The quantitative estimate of drug-likeness (QED) is 0.515. The molecule has 5 nitrogen and oxygen atoms in total. The van der Waals surface area contributed by atoms with Crippen molar-refractivity contribution in [2.45, 2.75) is 6.92 Å². The standard InChI is InChI=1S/C20H15N3O2S/c1-12(24)18-17(13-7-3-2-4-8-13)22-20(26-18)23-19(25)16-11-14-9-5-6-10-15(14)21-16/h2-11,21H,1H3,(H,22,23,25). The van der Waals surface area contributed by atoms with E-state index in [-0.39, 0.29) is 11.7 Å². The number of amides is 1. The second kappa shape index (κ2) is 6.57. The Morgan fingerprint density at radius 2 is 1.77 bits per heavy atom. The number of rotatable bonds is 4. The number of nitrogens with zero attached hydrogens (tertiary/aromatic N) is 1. The number of carbonyl (C=O) groups is 2. The summed E-state index contributed by atoms with van der Waals surface area (Å²) in [7, 11) is 0. The molecular formula is C20H15N3O2S. The second-order valence-electron chi connectivity index (χ2n) is 5.84. The Balaban J connectivity index is 1.66. The van der Waals surface area contributed by atoms with E-state index in [2.05, 4.69) is 15.3 Å². The summed E-state index contributed by atoms with van der Waals surface area (Å²) in [5.41, 5.74) is 2.79. The first-order valence-electron chi connectivity index (χ1n) is 8.08. The predicted octanol–water partition coefficient (Wildman–Crippen LogP) is 4.75. The summed E-state index contributed by atoms with van der Waals surface area (Å²) in [6, 6.07) is 18.9. The summed E-state index contributed by atoms with van der Waals surface area (Å²) in [5, 5.41) is 4.15. The van der Waals surface area contributed by atoms with Gasteiger partial charge in [-0.25, -0.2) is 4.98 Å². The van der Waals surface area contributed by atoms with Crippen LogP contribution >= 0.6 is 11.3 Å². The Hall–Kier alpha value is -3.25. The van der Waals surface area contributed by atoms with E-state index in [1.54, 1.807) is 6.07 Å². The van der Waals surface area contributed by atoms with Crippen LogP contribution in [0.15, 0.2) is 60.7 Å². The Kier molecular flexibility index (Phi) is 4.10. The van der Waals surface area contributed by atoms with Crippen LogP contribution in [0.5, 0.6) is 0 Å². The molecule has 0 aliphatic carbocycles. The number of nitrogens with one attached hydrogen (secondary N) is 2. The first-order valence-corrected chi connectivity index (χ1v) is 8.90. The van der Waals surface area contributed by atoms with Gasteiger partial charge in [0.25, 0.3) is 5.91 Å². The summed E-state index contributed by atoms with van der Waals surface area (Å²) in [5.74, 6) is -0.364. The summed E-state index contributed by atoms with van der Waals surface area (Å²) >= 11 is 1.19. The normalized spacial score (nSPS) is 10.8. The molecule has 4 rings (SSSR count). The SMILES string of the molecule is CC(=O)c1sc(NC(=O)c2cc3ccccc3[nH]2)nc1-c1ccccc1. The number of anilines is 1. The van der Waals surface area contributed by atoms with Crippen LogP contribution in [0, 0.1) is 0 Å². The fourth-order valence-electron chi connectivity index (χ4n) is 2.76. The van der Waals surface area contributed by atoms with Crippen molar-refractivity contribution in [3.05, 3.63) is 71.2 Å². The molecule has 0 fully saturated rings. The van der Waals surface area contributed by atoms with Gasteiger partial charge in [0.05, 0.1) is 10.6 Å². The molecule has 1 amide bonds. The summed E-state index contributed by atoms with van der Waals surface area (Å²) in [6.07, 6.45) is 0. The third-order valence-corrected chi connectivity index (χ3v) is 5.06. The first-order chi connectivity index (χ1) is 12.6. The topological polar surface area (TPSA) is 74.8 Å². The van der Waals surface area contributed by atoms with Crippen molar-refractivity contribution in [2.24, 2.45) is 0 Å². The maximum absolute atomic E-state index is 12.6. The van der Waals surface area contributed by atoms with Crippen molar-refractivity contribution < 1.29 is 9.59 Å². The monoisotopic (exact) mass is 361 g/mol. The second-order valence-corrected chi connectivity index (χ2v) is 6.84. The molecule has 0 radical (unpaired) electrons. The van der Waals surface area contributed by atoms with E-state index in [0.29, 0.717) is 21.4 Å². The molecule has 2 N–H and O–H groups in total. The molecule has 2 aromatic heterocycles. The largest absolute Gasteiger partial charge is 0.351 e. The van der Waals surface area contributed by atoms with Crippen LogP contribution in [-0.2, 0) is 0 Å². The van der Waals surface area contributed by atoms with Crippen molar-refractivity contribution >= 4 is 39.1 Å². The Morgan fingerprint density at radius 1 is 1.04 bits per heavy atom. The maximum atomic E-state index is 12.6. The number of Topliss-reactive ketones (excluding diaryl/α,β-unsaturated/α-hetero) is 1. The molecule has 0 saturated heterocycles. The number of thiazole rings is 1. The van der Waals surface area contributed by atoms with E-state index in [1.165, 1.54) is 18.3 Å². The predicted molar refractivity (Wildman–Crippen MR) is 104 cm³/mol. The average Bonchev–Trinajstić information content (AvgIpc) is 3.26. The summed E-state index contributed by atoms with van der Waals surface area (Å²) in [6.45, 7) is 1.50. The first kappa shape index (κ1) is 16.2. The Morgan fingerprint density at radius 3 is 2.50 bits per heavy atom. The third-order valence-electron chi connectivity index (χ3n) is 3.99. The van der Waals surface area contributed by atoms with Gasteiger partial charge in [0.1, 0.15) is 5.69 Å². The number of fused-ring (bicyclic) bond motifs is 1. The summed E-state index contributed by atoms with van der Waals surface area (Å²) in [4.78, 5) is 32.6. The lowest BCUT2D eigenvalue weighted by Crippen LogP contribution is -2.11. The number of benzene rings is 2. The van der Waals surface area contributed by atoms with Gasteiger partial charge in [-0.3, -0.25) is 14.9 Å². The van der Waals surface area contributed by atoms with Gasteiger partial charge < -0.3 is 4.98 Å². The molecular weight excluding hydrogens is 346 g/mol. The molecule has 0 spiro atoms. The van der Waals surface area contributed by atoms with Crippen LogP contribution in [0.25, 0.3) is 22.2 Å². The fraction of sp³-hybridized carbons (Fsp3) is 0.0500. The van der Waals surface area contributed by atoms with Gasteiger partial charge in [-0.05, 0) is 12.1 Å². The molecule has 0 atom stereocenters. The fourth-order valence-corrected chi connectivity index (χ4v) is 3.64. The molecule has 6 heteroatoms. The highest BCUT2D eigenvalue weighted by molar-refractivity contribution is 7.18. The minimum Gasteiger partial charge on any atom is -0.351 e. The minimum absolute atomic E-state index is 0.0764. The zero-order valence-electron chi connectivity index (χ0n) is 13.9. The lowest BCUT2D eigenvalue weighted by atomic mass is 10.1. The molecule has 0 saturated carbocycles. The van der Waals surface area contributed by atoms with E-state index in [1.807, 2.05) is 54.6 Å². The molecule has 2 heterocycles. The van der Waals surface area contributed by atoms with Gasteiger partial charge in [-0.15, -0.1) is 0 Å². The number of hydrogen-bond acceptors (Lipinski definition) is 4. The van der Waals surface area contributed by atoms with Crippen LogP contribution in [0.2, 0.25) is 0 Å². The smallest absolute Gasteiger partial charge is 0.273 e. The molecule has 2 aromatic carbocycles. The highest BCUT2D eigenvalue weighted by atomic mass is 32.1. The Labute approximate surface area is 153 Å². The van der Waals surface area contributed by atoms with Crippen molar-refractivity contribution in [2.75, 3.05) is 5.32 Å². The molecule has 0 aliphatic rings. The number of ketones is 1. The molecule has 0 unspecified atom stereocenters. The van der Waals surface area contributed by atoms with Gasteiger partial charge in [0.2, 0.25) is 0 Å². The molecule has 4 aromatic rings. The van der Waals surface area contributed by atoms with Crippen LogP contribution in [0.4, 0.5) is 5.13 Å². The zero-order valence-corrected chi connectivity index (χ0v) is 14.8. The van der Waals surface area contributed by atoms with Crippen molar-refractivity contribution in [3.63, 3.8) is 0 Å². The molecule has 0 aliphatic heterocycles. The van der Waals surface area contributed by atoms with E-state index < -0.39 is 0 Å². The van der Waals surface area contributed by atoms with E-state index >= 15 is 0 Å². The number of para-hydroxylation sites is 1. The van der Waals surface area contributed by atoms with Crippen molar-refractivity contribution in [1.82, 2.24) is 9.97 Å². The average molecular weight is 361 g/mol. The van der Waals surface area contributed by atoms with Gasteiger partial charge in [-0.1, -0.05) is 59.9 Å². The minimum atomic E-state index is -0.287. The number of hydrogen-bond donors (Lipinski definition) is 2. The van der Waals surface area contributed by atoms with Gasteiger partial charge in [-0.2, -0.15) is 0 Å². The lowest BCUT2D eigenvalue weighted by Gasteiger charge is -1.99. The molecule has 0 bridgehead atoms. The van der Waals surface area contributed by atoms with Crippen molar-refractivity contribution in [1.29, 1.82) is 0 Å². The van der Waals surface area contributed by atoms with Gasteiger partial charge >= 0.3 is 0 Å². The van der Waals surface area contributed by atoms with Gasteiger partial charge in [0, 0.05) is 23.4 Å². The number of aromatic amines is 1. The molecule has 26 heavy (non-hydrogen) atoms. The lowest BCUT2D eigenvalue weighted by molar-refractivity contribution is 0.101. The van der Waals surface area contributed by atoms with Crippen molar-refractivity contribution in [3.8, 4) is 11.3 Å². The van der Waals surface area contributed by atoms with E-state index in [0.717, 1.165) is 16.5 Å².